The zero-order valence-corrected chi connectivity index (χ0v) is 12.0. The van der Waals surface area contributed by atoms with Gasteiger partial charge in [-0.3, -0.25) is 19.8 Å². The van der Waals surface area contributed by atoms with E-state index in [1.54, 1.807) is 19.1 Å². The van der Waals surface area contributed by atoms with Crippen LogP contribution >= 0.6 is 0 Å². The fourth-order valence-corrected chi connectivity index (χ4v) is 2.64. The summed E-state index contributed by atoms with van der Waals surface area (Å²) in [5.41, 5.74) is 6.87. The molecule has 0 spiro atoms. The standard InChI is InChI=1S/C14H20N4O3/c1-10-8-12(2-3-13(10)18(20)21)16-11-4-6-17(7-5-11)9-14(15)19/h2-3,8,11,16H,4-7,9H2,1H3,(H2,15,19). The van der Waals surface area contributed by atoms with E-state index in [4.69, 9.17) is 5.73 Å². The lowest BCUT2D eigenvalue weighted by Crippen LogP contribution is -2.42. The van der Waals surface area contributed by atoms with Crippen molar-refractivity contribution < 1.29 is 9.72 Å². The Morgan fingerprint density at radius 1 is 1.48 bits per heavy atom. The lowest BCUT2D eigenvalue weighted by atomic mass is 10.0. The number of likely N-dealkylation sites (tertiary alicyclic amines) is 1. The molecule has 3 N–H and O–H groups in total. The number of nitrogens with two attached hydrogens (primary N) is 1. The summed E-state index contributed by atoms with van der Waals surface area (Å²) in [7, 11) is 0. The van der Waals surface area contributed by atoms with E-state index in [2.05, 4.69) is 5.32 Å². The number of hydrogen-bond donors (Lipinski definition) is 2. The van der Waals surface area contributed by atoms with Crippen LogP contribution in [0, 0.1) is 17.0 Å². The van der Waals surface area contributed by atoms with E-state index in [1.807, 2.05) is 4.90 Å². The number of carbonyl (C=O) groups is 1. The predicted molar refractivity (Wildman–Crippen MR) is 80.1 cm³/mol. The molecule has 1 amide bonds. The van der Waals surface area contributed by atoms with Gasteiger partial charge in [-0.05, 0) is 31.9 Å². The van der Waals surface area contributed by atoms with Crippen LogP contribution < -0.4 is 11.1 Å². The lowest BCUT2D eigenvalue weighted by Gasteiger charge is -2.32. The Kier molecular flexibility index (Phi) is 4.74. The highest BCUT2D eigenvalue weighted by Crippen LogP contribution is 2.23. The van der Waals surface area contributed by atoms with Gasteiger partial charge in [0.15, 0.2) is 0 Å². The molecule has 1 aromatic carbocycles. The Labute approximate surface area is 123 Å². The average molecular weight is 292 g/mol. The van der Waals surface area contributed by atoms with Gasteiger partial charge in [-0.1, -0.05) is 0 Å². The summed E-state index contributed by atoms with van der Waals surface area (Å²) < 4.78 is 0. The van der Waals surface area contributed by atoms with Crippen molar-refractivity contribution in [1.29, 1.82) is 0 Å². The molecule has 0 bridgehead atoms. The zero-order chi connectivity index (χ0) is 15.4. The summed E-state index contributed by atoms with van der Waals surface area (Å²) in [5.74, 6) is -0.299. The highest BCUT2D eigenvalue weighted by atomic mass is 16.6. The number of carbonyl (C=O) groups excluding carboxylic acids is 1. The Morgan fingerprint density at radius 3 is 2.67 bits per heavy atom. The second-order valence-electron chi connectivity index (χ2n) is 5.42. The van der Waals surface area contributed by atoms with Crippen LogP contribution in [-0.4, -0.2) is 41.4 Å². The van der Waals surface area contributed by atoms with Crippen LogP contribution in [0.1, 0.15) is 18.4 Å². The minimum absolute atomic E-state index is 0.136. The van der Waals surface area contributed by atoms with E-state index in [-0.39, 0.29) is 16.5 Å². The molecule has 7 heteroatoms. The van der Waals surface area contributed by atoms with Gasteiger partial charge in [0, 0.05) is 36.4 Å². The first-order valence-corrected chi connectivity index (χ1v) is 6.98. The number of amides is 1. The number of aryl methyl sites for hydroxylation is 1. The summed E-state index contributed by atoms with van der Waals surface area (Å²) in [6.45, 7) is 3.70. The van der Waals surface area contributed by atoms with Crippen molar-refractivity contribution in [3.63, 3.8) is 0 Å². The van der Waals surface area contributed by atoms with Crippen LogP contribution in [0.25, 0.3) is 0 Å². The number of hydrogen-bond acceptors (Lipinski definition) is 5. The van der Waals surface area contributed by atoms with Gasteiger partial charge < -0.3 is 11.1 Å². The molecule has 1 aliphatic rings. The quantitative estimate of drug-likeness (QED) is 0.628. The van der Waals surface area contributed by atoms with Crippen molar-refractivity contribution in [2.45, 2.75) is 25.8 Å². The Morgan fingerprint density at radius 2 is 2.14 bits per heavy atom. The van der Waals surface area contributed by atoms with Crippen LogP contribution in [0.2, 0.25) is 0 Å². The number of piperidine rings is 1. The number of anilines is 1. The maximum absolute atomic E-state index is 10.9. The molecule has 0 aromatic heterocycles. The summed E-state index contributed by atoms with van der Waals surface area (Å²) in [6, 6.07) is 5.38. The molecule has 1 fully saturated rings. The Bertz CT molecular complexity index is 539. The Hall–Kier alpha value is -2.15. The van der Waals surface area contributed by atoms with Crippen LogP contribution in [0.3, 0.4) is 0 Å². The molecule has 0 saturated carbocycles. The van der Waals surface area contributed by atoms with Gasteiger partial charge >= 0.3 is 0 Å². The second-order valence-corrected chi connectivity index (χ2v) is 5.42. The molecule has 0 aliphatic carbocycles. The van der Waals surface area contributed by atoms with E-state index in [0.29, 0.717) is 18.2 Å². The van der Waals surface area contributed by atoms with Crippen molar-refractivity contribution in [2.75, 3.05) is 25.0 Å². The number of nitro benzene ring substituents is 1. The highest BCUT2D eigenvalue weighted by Gasteiger charge is 2.20. The minimum Gasteiger partial charge on any atom is -0.382 e. The third-order valence-electron chi connectivity index (χ3n) is 3.73. The molecule has 21 heavy (non-hydrogen) atoms. The SMILES string of the molecule is Cc1cc(NC2CCN(CC(N)=O)CC2)ccc1[N+](=O)[O-]. The van der Waals surface area contributed by atoms with Crippen LogP contribution in [0.15, 0.2) is 18.2 Å². The third kappa shape index (κ3) is 4.16. The van der Waals surface area contributed by atoms with Crippen molar-refractivity contribution in [2.24, 2.45) is 5.73 Å². The summed E-state index contributed by atoms with van der Waals surface area (Å²) in [5, 5.41) is 14.2. The number of nitrogens with one attached hydrogen (secondary N) is 1. The van der Waals surface area contributed by atoms with Gasteiger partial charge in [-0.25, -0.2) is 0 Å². The third-order valence-corrected chi connectivity index (χ3v) is 3.73. The molecule has 0 radical (unpaired) electrons. The largest absolute Gasteiger partial charge is 0.382 e. The summed E-state index contributed by atoms with van der Waals surface area (Å²) in [4.78, 5) is 23.3. The van der Waals surface area contributed by atoms with Gasteiger partial charge in [0.05, 0.1) is 11.5 Å². The molecule has 2 rings (SSSR count). The minimum atomic E-state index is -0.374. The molecule has 1 heterocycles. The van der Waals surface area contributed by atoms with E-state index < -0.39 is 0 Å². The number of benzene rings is 1. The molecule has 7 nitrogen and oxygen atoms in total. The predicted octanol–water partition coefficient (Wildman–Crippen LogP) is 1.26. The smallest absolute Gasteiger partial charge is 0.272 e. The van der Waals surface area contributed by atoms with Gasteiger partial charge in [0.25, 0.3) is 5.69 Å². The fourth-order valence-electron chi connectivity index (χ4n) is 2.64. The van der Waals surface area contributed by atoms with Gasteiger partial charge in [-0.15, -0.1) is 0 Å². The van der Waals surface area contributed by atoms with E-state index in [0.717, 1.165) is 31.6 Å². The van der Waals surface area contributed by atoms with E-state index in [9.17, 15) is 14.9 Å². The van der Waals surface area contributed by atoms with Gasteiger partial charge in [0.2, 0.25) is 5.91 Å². The van der Waals surface area contributed by atoms with Crippen LogP contribution in [-0.2, 0) is 4.79 Å². The number of rotatable bonds is 5. The Balaban J connectivity index is 1.90. The topological polar surface area (TPSA) is 102 Å². The molecule has 1 aliphatic heterocycles. The molecular weight excluding hydrogens is 272 g/mol. The number of nitrogens with zero attached hydrogens (tertiary/aromatic N) is 2. The summed E-state index contributed by atoms with van der Waals surface area (Å²) >= 11 is 0. The first-order chi connectivity index (χ1) is 9.95. The fraction of sp³-hybridized carbons (Fsp3) is 0.500. The first kappa shape index (κ1) is 15.2. The zero-order valence-electron chi connectivity index (χ0n) is 12.0. The highest BCUT2D eigenvalue weighted by molar-refractivity contribution is 5.75. The molecule has 0 atom stereocenters. The van der Waals surface area contributed by atoms with Crippen LogP contribution in [0.5, 0.6) is 0 Å². The second kappa shape index (κ2) is 6.53. The summed E-state index contributed by atoms with van der Waals surface area (Å²) in [6.07, 6.45) is 1.84. The van der Waals surface area contributed by atoms with Crippen LogP contribution in [0.4, 0.5) is 11.4 Å². The average Bonchev–Trinajstić information content (AvgIpc) is 2.40. The van der Waals surface area contributed by atoms with Gasteiger partial charge in [0.1, 0.15) is 0 Å². The maximum Gasteiger partial charge on any atom is 0.272 e. The normalized spacial score (nSPS) is 16.6. The molecular formula is C14H20N4O3. The molecule has 114 valence electrons. The van der Waals surface area contributed by atoms with Crippen molar-refractivity contribution >= 4 is 17.3 Å². The van der Waals surface area contributed by atoms with E-state index in [1.165, 1.54) is 6.07 Å². The van der Waals surface area contributed by atoms with Gasteiger partial charge in [-0.2, -0.15) is 0 Å². The maximum atomic E-state index is 10.9. The van der Waals surface area contributed by atoms with Crippen molar-refractivity contribution in [3.05, 3.63) is 33.9 Å². The van der Waals surface area contributed by atoms with Crippen molar-refractivity contribution in [1.82, 2.24) is 4.90 Å². The molecule has 1 saturated heterocycles. The number of primary amides is 1. The lowest BCUT2D eigenvalue weighted by molar-refractivity contribution is -0.385. The molecule has 0 unspecified atom stereocenters. The number of nitro groups is 1. The van der Waals surface area contributed by atoms with Crippen molar-refractivity contribution in [3.8, 4) is 0 Å². The molecule has 1 aromatic rings. The first-order valence-electron chi connectivity index (χ1n) is 6.98. The monoisotopic (exact) mass is 292 g/mol. The van der Waals surface area contributed by atoms with E-state index >= 15 is 0 Å².